The molecule has 3 rings (SSSR count). The number of nitrogens with zero attached hydrogens (tertiary/aromatic N) is 3. The van der Waals surface area contributed by atoms with E-state index >= 15 is 0 Å². The second-order valence-corrected chi connectivity index (χ2v) is 7.92. The summed E-state index contributed by atoms with van der Waals surface area (Å²) < 4.78 is 29.3. The molecule has 7 nitrogen and oxygen atoms in total. The highest BCUT2D eigenvalue weighted by molar-refractivity contribution is 7.89. The van der Waals surface area contributed by atoms with Gasteiger partial charge in [0, 0.05) is 24.2 Å². The first-order valence-corrected chi connectivity index (χ1v) is 9.89. The summed E-state index contributed by atoms with van der Waals surface area (Å²) >= 11 is 5.87. The molecule has 9 heteroatoms. The Balaban J connectivity index is 1.82. The standard InChI is InChI=1S/C16H19ClN4O3S/c1-2-21-15(8-9-18-21)20-10-4-7-14(16(20)22)19-25(23,24)13-6-3-5-12(17)11-13/h3,5-6,8-9,11,14,19H,2,4,7,10H2,1H3/t14-/m1/s1. The molecule has 1 aliphatic heterocycles. The zero-order valence-corrected chi connectivity index (χ0v) is 15.3. The molecule has 2 aromatic rings. The lowest BCUT2D eigenvalue weighted by molar-refractivity contribution is -0.121. The van der Waals surface area contributed by atoms with Gasteiger partial charge in [-0.15, -0.1) is 0 Å². The number of aromatic nitrogens is 2. The van der Waals surface area contributed by atoms with E-state index < -0.39 is 16.1 Å². The molecule has 1 atom stereocenters. The van der Waals surface area contributed by atoms with E-state index in [0.717, 1.165) is 0 Å². The second kappa shape index (κ2) is 7.15. The summed E-state index contributed by atoms with van der Waals surface area (Å²) in [5, 5.41) is 4.50. The summed E-state index contributed by atoms with van der Waals surface area (Å²) in [5.41, 5.74) is 0. The van der Waals surface area contributed by atoms with Crippen LogP contribution < -0.4 is 9.62 Å². The SMILES string of the molecule is CCn1nccc1N1CCC[C@@H](NS(=O)(=O)c2cccc(Cl)c2)C1=O. The first-order valence-electron chi connectivity index (χ1n) is 8.03. The lowest BCUT2D eigenvalue weighted by Gasteiger charge is -2.32. The van der Waals surface area contributed by atoms with Crippen molar-refractivity contribution in [1.29, 1.82) is 0 Å². The number of amides is 1. The van der Waals surface area contributed by atoms with Gasteiger partial charge in [-0.2, -0.15) is 9.82 Å². The van der Waals surface area contributed by atoms with E-state index in [-0.39, 0.29) is 10.8 Å². The van der Waals surface area contributed by atoms with Crippen LogP contribution in [0, 0.1) is 0 Å². The van der Waals surface area contributed by atoms with Crippen LogP contribution in [-0.2, 0) is 21.4 Å². The molecule has 0 bridgehead atoms. The molecule has 0 radical (unpaired) electrons. The monoisotopic (exact) mass is 382 g/mol. The van der Waals surface area contributed by atoms with Crippen LogP contribution >= 0.6 is 11.6 Å². The number of nitrogens with one attached hydrogen (secondary N) is 1. The van der Waals surface area contributed by atoms with E-state index in [9.17, 15) is 13.2 Å². The maximum atomic E-state index is 12.8. The molecular formula is C16H19ClN4O3S. The van der Waals surface area contributed by atoms with Crippen molar-refractivity contribution in [2.75, 3.05) is 11.4 Å². The molecule has 1 aromatic heterocycles. The molecule has 2 heterocycles. The number of rotatable bonds is 5. The summed E-state index contributed by atoms with van der Waals surface area (Å²) in [5.74, 6) is 0.409. The molecule has 0 saturated carbocycles. The highest BCUT2D eigenvalue weighted by Crippen LogP contribution is 2.23. The summed E-state index contributed by atoms with van der Waals surface area (Å²) in [7, 11) is -3.83. The highest BCUT2D eigenvalue weighted by atomic mass is 35.5. The molecule has 134 valence electrons. The maximum absolute atomic E-state index is 12.8. The summed E-state index contributed by atoms with van der Waals surface area (Å²) in [6.45, 7) is 3.11. The molecule has 0 spiro atoms. The normalized spacial score (nSPS) is 18.6. The predicted molar refractivity (Wildman–Crippen MR) is 95.0 cm³/mol. The molecule has 1 N–H and O–H groups in total. The third kappa shape index (κ3) is 3.70. The van der Waals surface area contributed by atoms with Gasteiger partial charge in [-0.05, 0) is 38.0 Å². The van der Waals surface area contributed by atoms with Gasteiger partial charge >= 0.3 is 0 Å². The van der Waals surface area contributed by atoms with E-state index in [1.807, 2.05) is 6.92 Å². The molecule has 0 aliphatic carbocycles. The number of aryl methyl sites for hydroxylation is 1. The van der Waals surface area contributed by atoms with Gasteiger partial charge in [0.15, 0.2) is 0 Å². The van der Waals surface area contributed by atoms with Gasteiger partial charge in [-0.1, -0.05) is 17.7 Å². The van der Waals surface area contributed by atoms with Crippen molar-refractivity contribution >= 4 is 33.3 Å². The maximum Gasteiger partial charge on any atom is 0.246 e. The van der Waals surface area contributed by atoms with Gasteiger partial charge in [0.05, 0.1) is 11.1 Å². The Morgan fingerprint density at radius 2 is 2.16 bits per heavy atom. The minimum atomic E-state index is -3.83. The van der Waals surface area contributed by atoms with Gasteiger partial charge in [-0.25, -0.2) is 13.1 Å². The first kappa shape index (κ1) is 17.9. The molecule has 1 aliphatic rings. The number of benzene rings is 1. The fourth-order valence-electron chi connectivity index (χ4n) is 2.90. The van der Waals surface area contributed by atoms with E-state index in [4.69, 9.17) is 11.6 Å². The average molecular weight is 383 g/mol. The number of carbonyl (C=O) groups excluding carboxylic acids is 1. The molecule has 25 heavy (non-hydrogen) atoms. The van der Waals surface area contributed by atoms with Crippen LogP contribution in [0.25, 0.3) is 0 Å². The van der Waals surface area contributed by atoms with Gasteiger partial charge < -0.3 is 0 Å². The lowest BCUT2D eigenvalue weighted by atomic mass is 10.1. The Hall–Kier alpha value is -1.90. The Labute approximate surface area is 151 Å². The van der Waals surface area contributed by atoms with Crippen LogP contribution in [-0.4, -0.2) is 36.7 Å². The molecule has 1 amide bonds. The number of halogens is 1. The largest absolute Gasteiger partial charge is 0.296 e. The zero-order valence-electron chi connectivity index (χ0n) is 13.7. The number of piperidine rings is 1. The van der Waals surface area contributed by atoms with Crippen molar-refractivity contribution in [2.24, 2.45) is 0 Å². The molecule has 1 saturated heterocycles. The van der Waals surface area contributed by atoms with E-state index in [1.165, 1.54) is 12.1 Å². The van der Waals surface area contributed by atoms with Crippen LogP contribution in [0.5, 0.6) is 0 Å². The topological polar surface area (TPSA) is 84.3 Å². The fraction of sp³-hybridized carbons (Fsp3) is 0.375. The zero-order chi connectivity index (χ0) is 18.0. The molecular weight excluding hydrogens is 364 g/mol. The van der Waals surface area contributed by atoms with Gasteiger partial charge in [0.1, 0.15) is 11.9 Å². The average Bonchev–Trinajstić information content (AvgIpc) is 3.05. The molecule has 0 unspecified atom stereocenters. The van der Waals surface area contributed by atoms with Crippen LogP contribution in [0.15, 0.2) is 41.4 Å². The molecule has 1 aromatic carbocycles. The second-order valence-electron chi connectivity index (χ2n) is 5.77. The van der Waals surface area contributed by atoms with Crippen molar-refractivity contribution in [3.63, 3.8) is 0 Å². The van der Waals surface area contributed by atoms with Crippen LogP contribution in [0.2, 0.25) is 5.02 Å². The van der Waals surface area contributed by atoms with Crippen molar-refractivity contribution in [1.82, 2.24) is 14.5 Å². The summed E-state index contributed by atoms with van der Waals surface area (Å²) in [6.07, 6.45) is 2.78. The van der Waals surface area contributed by atoms with Crippen molar-refractivity contribution in [2.45, 2.75) is 37.2 Å². The highest BCUT2D eigenvalue weighted by Gasteiger charge is 2.34. The number of carbonyl (C=O) groups is 1. The Morgan fingerprint density at radius 1 is 1.36 bits per heavy atom. The quantitative estimate of drug-likeness (QED) is 0.857. The van der Waals surface area contributed by atoms with Crippen LogP contribution in [0.1, 0.15) is 19.8 Å². The van der Waals surface area contributed by atoms with E-state index in [2.05, 4.69) is 9.82 Å². The Morgan fingerprint density at radius 3 is 2.88 bits per heavy atom. The fourth-order valence-corrected chi connectivity index (χ4v) is 4.42. The number of anilines is 1. The summed E-state index contributed by atoms with van der Waals surface area (Å²) in [6, 6.07) is 6.92. The van der Waals surface area contributed by atoms with Crippen molar-refractivity contribution in [3.8, 4) is 0 Å². The van der Waals surface area contributed by atoms with Crippen LogP contribution in [0.4, 0.5) is 5.82 Å². The predicted octanol–water partition coefficient (Wildman–Crippen LogP) is 2.03. The van der Waals surface area contributed by atoms with E-state index in [0.29, 0.717) is 36.8 Å². The minimum Gasteiger partial charge on any atom is -0.296 e. The summed E-state index contributed by atoms with van der Waals surface area (Å²) in [4.78, 5) is 14.4. The minimum absolute atomic E-state index is 0.0449. The third-order valence-electron chi connectivity index (χ3n) is 4.11. The van der Waals surface area contributed by atoms with Gasteiger partial charge in [-0.3, -0.25) is 9.69 Å². The number of sulfonamides is 1. The Bertz CT molecular complexity index is 881. The number of hydrogen-bond acceptors (Lipinski definition) is 4. The van der Waals surface area contributed by atoms with Crippen molar-refractivity contribution < 1.29 is 13.2 Å². The molecule has 1 fully saturated rings. The Kier molecular flexibility index (Phi) is 5.12. The first-order chi connectivity index (χ1) is 11.9. The van der Waals surface area contributed by atoms with Gasteiger partial charge in [0.2, 0.25) is 15.9 Å². The number of hydrogen-bond donors (Lipinski definition) is 1. The van der Waals surface area contributed by atoms with Gasteiger partial charge in [0.25, 0.3) is 0 Å². The van der Waals surface area contributed by atoms with E-state index in [1.54, 1.807) is 34.0 Å². The lowest BCUT2D eigenvalue weighted by Crippen LogP contribution is -2.52. The third-order valence-corrected chi connectivity index (χ3v) is 5.82. The van der Waals surface area contributed by atoms with Crippen LogP contribution in [0.3, 0.4) is 0 Å². The van der Waals surface area contributed by atoms with Crippen molar-refractivity contribution in [3.05, 3.63) is 41.6 Å². The smallest absolute Gasteiger partial charge is 0.246 e.